The van der Waals surface area contributed by atoms with Crippen LogP contribution in [-0.4, -0.2) is 52.4 Å². The van der Waals surface area contributed by atoms with Crippen LogP contribution in [0.4, 0.5) is 4.79 Å². The standard InChI is InChI=1S/C14H18N4O2/c1-10-3-2-4-11(16-10)8-17-6-5-12(9-17)18-13(19)7-15-14(18)20/h2-4,12H,5-9H2,1H3,(H,15,20). The molecule has 1 unspecified atom stereocenters. The van der Waals surface area contributed by atoms with Crippen molar-refractivity contribution < 1.29 is 9.59 Å². The van der Waals surface area contributed by atoms with Crippen LogP contribution in [0.2, 0.25) is 0 Å². The van der Waals surface area contributed by atoms with Crippen molar-refractivity contribution in [3.63, 3.8) is 0 Å². The van der Waals surface area contributed by atoms with Gasteiger partial charge in [0.2, 0.25) is 5.91 Å². The van der Waals surface area contributed by atoms with Gasteiger partial charge in [-0.3, -0.25) is 19.6 Å². The highest BCUT2D eigenvalue weighted by molar-refractivity contribution is 6.02. The van der Waals surface area contributed by atoms with Gasteiger partial charge in [-0.05, 0) is 25.5 Å². The Hall–Kier alpha value is -1.95. The van der Waals surface area contributed by atoms with Gasteiger partial charge in [0, 0.05) is 25.3 Å². The average molecular weight is 274 g/mol. The summed E-state index contributed by atoms with van der Waals surface area (Å²) < 4.78 is 0. The minimum atomic E-state index is -0.254. The summed E-state index contributed by atoms with van der Waals surface area (Å²) in [6, 6.07) is 5.73. The summed E-state index contributed by atoms with van der Waals surface area (Å²) in [6.45, 7) is 4.49. The smallest absolute Gasteiger partial charge is 0.324 e. The fourth-order valence-electron chi connectivity index (χ4n) is 2.89. The molecule has 2 fully saturated rings. The van der Waals surface area contributed by atoms with Gasteiger partial charge < -0.3 is 5.32 Å². The third-order valence-corrected chi connectivity index (χ3v) is 3.82. The Morgan fingerprint density at radius 1 is 1.40 bits per heavy atom. The van der Waals surface area contributed by atoms with Gasteiger partial charge in [0.05, 0.1) is 18.3 Å². The summed E-state index contributed by atoms with van der Waals surface area (Å²) >= 11 is 0. The fourth-order valence-corrected chi connectivity index (χ4v) is 2.89. The first-order chi connectivity index (χ1) is 9.63. The number of urea groups is 1. The summed E-state index contributed by atoms with van der Waals surface area (Å²) in [5.41, 5.74) is 2.04. The Morgan fingerprint density at radius 2 is 2.25 bits per heavy atom. The molecule has 2 aliphatic rings. The summed E-state index contributed by atoms with van der Waals surface area (Å²) in [5, 5.41) is 2.57. The van der Waals surface area contributed by atoms with Crippen molar-refractivity contribution in [1.82, 2.24) is 20.1 Å². The number of rotatable bonds is 3. The highest BCUT2D eigenvalue weighted by atomic mass is 16.2. The molecule has 0 radical (unpaired) electrons. The molecule has 6 heteroatoms. The molecule has 0 spiro atoms. The number of pyridine rings is 1. The maximum absolute atomic E-state index is 11.7. The number of hydrogen-bond acceptors (Lipinski definition) is 4. The van der Waals surface area contributed by atoms with Crippen molar-refractivity contribution in [2.45, 2.75) is 25.9 Å². The lowest BCUT2D eigenvalue weighted by Gasteiger charge is -2.21. The minimum Gasteiger partial charge on any atom is -0.329 e. The Morgan fingerprint density at radius 3 is 2.95 bits per heavy atom. The number of nitrogens with one attached hydrogen (secondary N) is 1. The summed E-state index contributed by atoms with van der Waals surface area (Å²) in [6.07, 6.45) is 0.838. The molecule has 1 aromatic rings. The summed E-state index contributed by atoms with van der Waals surface area (Å²) in [7, 11) is 0. The number of aromatic nitrogens is 1. The van der Waals surface area contributed by atoms with Crippen molar-refractivity contribution in [2.24, 2.45) is 0 Å². The molecule has 3 heterocycles. The Balaban J connectivity index is 1.62. The highest BCUT2D eigenvalue weighted by Crippen LogP contribution is 2.19. The van der Waals surface area contributed by atoms with Crippen molar-refractivity contribution in [1.29, 1.82) is 0 Å². The second-order valence-electron chi connectivity index (χ2n) is 5.37. The maximum atomic E-state index is 11.7. The first-order valence-electron chi connectivity index (χ1n) is 6.88. The van der Waals surface area contributed by atoms with E-state index in [4.69, 9.17) is 0 Å². The zero-order chi connectivity index (χ0) is 14.1. The molecule has 6 nitrogen and oxygen atoms in total. The second-order valence-corrected chi connectivity index (χ2v) is 5.37. The molecule has 3 amide bonds. The number of amides is 3. The van der Waals surface area contributed by atoms with E-state index in [0.29, 0.717) is 0 Å². The van der Waals surface area contributed by atoms with E-state index in [1.165, 1.54) is 4.90 Å². The number of imide groups is 1. The van der Waals surface area contributed by atoms with E-state index in [2.05, 4.69) is 15.2 Å². The van der Waals surface area contributed by atoms with Gasteiger partial charge in [0.25, 0.3) is 0 Å². The Bertz CT molecular complexity index is 530. The van der Waals surface area contributed by atoms with Crippen LogP contribution in [0.5, 0.6) is 0 Å². The molecule has 1 N–H and O–H groups in total. The molecular weight excluding hydrogens is 256 g/mol. The van der Waals surface area contributed by atoms with Gasteiger partial charge in [-0.25, -0.2) is 4.79 Å². The van der Waals surface area contributed by atoms with E-state index in [1.54, 1.807) is 0 Å². The van der Waals surface area contributed by atoms with Gasteiger partial charge >= 0.3 is 6.03 Å². The average Bonchev–Trinajstić information content (AvgIpc) is 2.97. The van der Waals surface area contributed by atoms with Gasteiger partial charge in [0.1, 0.15) is 0 Å². The van der Waals surface area contributed by atoms with E-state index in [1.807, 2.05) is 25.1 Å². The van der Waals surface area contributed by atoms with Gasteiger partial charge in [0.15, 0.2) is 0 Å². The van der Waals surface area contributed by atoms with Crippen LogP contribution < -0.4 is 5.32 Å². The van der Waals surface area contributed by atoms with Gasteiger partial charge in [-0.1, -0.05) is 6.07 Å². The number of aryl methyl sites for hydroxylation is 1. The van der Waals surface area contributed by atoms with E-state index in [0.717, 1.165) is 37.4 Å². The van der Waals surface area contributed by atoms with E-state index < -0.39 is 0 Å². The quantitative estimate of drug-likeness (QED) is 0.816. The third-order valence-electron chi connectivity index (χ3n) is 3.82. The number of hydrogen-bond donors (Lipinski definition) is 1. The van der Waals surface area contributed by atoms with Crippen LogP contribution in [0, 0.1) is 6.92 Å². The number of nitrogens with zero attached hydrogens (tertiary/aromatic N) is 3. The zero-order valence-corrected chi connectivity index (χ0v) is 11.5. The van der Waals surface area contributed by atoms with E-state index in [9.17, 15) is 9.59 Å². The number of carbonyl (C=O) groups excluding carboxylic acids is 2. The third kappa shape index (κ3) is 2.51. The predicted molar refractivity (Wildman–Crippen MR) is 72.9 cm³/mol. The second kappa shape index (κ2) is 5.20. The molecule has 20 heavy (non-hydrogen) atoms. The van der Waals surface area contributed by atoms with Gasteiger partial charge in [-0.15, -0.1) is 0 Å². The van der Waals surface area contributed by atoms with E-state index >= 15 is 0 Å². The van der Waals surface area contributed by atoms with Crippen LogP contribution in [0.25, 0.3) is 0 Å². The van der Waals surface area contributed by atoms with Crippen LogP contribution in [0.15, 0.2) is 18.2 Å². The normalized spacial score (nSPS) is 23.4. The van der Waals surface area contributed by atoms with Crippen molar-refractivity contribution >= 4 is 11.9 Å². The van der Waals surface area contributed by atoms with Crippen LogP contribution in [0.1, 0.15) is 17.8 Å². The lowest BCUT2D eigenvalue weighted by Crippen LogP contribution is -2.42. The molecule has 106 valence electrons. The first-order valence-corrected chi connectivity index (χ1v) is 6.88. The Labute approximate surface area is 117 Å². The predicted octanol–water partition coefficient (Wildman–Crippen LogP) is 0.516. The highest BCUT2D eigenvalue weighted by Gasteiger charge is 2.38. The van der Waals surface area contributed by atoms with Gasteiger partial charge in [-0.2, -0.15) is 0 Å². The fraction of sp³-hybridized carbons (Fsp3) is 0.500. The molecule has 3 rings (SSSR count). The van der Waals surface area contributed by atoms with E-state index in [-0.39, 0.29) is 24.5 Å². The van der Waals surface area contributed by atoms with Crippen molar-refractivity contribution in [3.05, 3.63) is 29.6 Å². The topological polar surface area (TPSA) is 65.5 Å². The summed E-state index contributed by atoms with van der Waals surface area (Å²) in [5.74, 6) is -0.115. The molecule has 1 aromatic heterocycles. The molecule has 0 saturated carbocycles. The lowest BCUT2D eigenvalue weighted by molar-refractivity contribution is -0.126. The van der Waals surface area contributed by atoms with Crippen LogP contribution >= 0.6 is 0 Å². The lowest BCUT2D eigenvalue weighted by atomic mass is 10.2. The largest absolute Gasteiger partial charge is 0.329 e. The van der Waals surface area contributed by atoms with Crippen molar-refractivity contribution in [3.8, 4) is 0 Å². The molecule has 2 aliphatic heterocycles. The maximum Gasteiger partial charge on any atom is 0.324 e. The molecule has 0 aliphatic carbocycles. The monoisotopic (exact) mass is 274 g/mol. The molecular formula is C14H18N4O2. The van der Waals surface area contributed by atoms with Crippen LogP contribution in [-0.2, 0) is 11.3 Å². The molecule has 2 saturated heterocycles. The minimum absolute atomic E-state index is 0.00481. The zero-order valence-electron chi connectivity index (χ0n) is 11.5. The first kappa shape index (κ1) is 13.1. The van der Waals surface area contributed by atoms with Crippen molar-refractivity contribution in [2.75, 3.05) is 19.6 Å². The molecule has 0 bridgehead atoms. The summed E-state index contributed by atoms with van der Waals surface area (Å²) in [4.78, 5) is 31.4. The number of carbonyl (C=O) groups is 2. The SMILES string of the molecule is Cc1cccc(CN2CCC(N3C(=O)CNC3=O)C2)n1. The Kier molecular flexibility index (Phi) is 3.40. The molecule has 1 atom stereocenters. The van der Waals surface area contributed by atoms with Crippen LogP contribution in [0.3, 0.4) is 0 Å². The number of likely N-dealkylation sites (tertiary alicyclic amines) is 1. The molecule has 0 aromatic carbocycles.